The molecule has 7 aromatic rings. The summed E-state index contributed by atoms with van der Waals surface area (Å²) in [5.74, 6) is 0. The van der Waals surface area contributed by atoms with Crippen molar-refractivity contribution in [3.05, 3.63) is 133 Å². The molecule has 0 aliphatic carbocycles. The summed E-state index contributed by atoms with van der Waals surface area (Å²) in [6.45, 7) is 14.7. The van der Waals surface area contributed by atoms with E-state index in [-0.39, 0.29) is 0 Å². The van der Waals surface area contributed by atoms with Gasteiger partial charge in [-0.1, -0.05) is 177 Å². The van der Waals surface area contributed by atoms with Gasteiger partial charge in [-0.3, -0.25) is 0 Å². The second kappa shape index (κ2) is 10.7. The summed E-state index contributed by atoms with van der Waals surface area (Å²) >= 11 is 0. The molecule has 0 N–H and O–H groups in total. The number of benzene rings is 7. The summed E-state index contributed by atoms with van der Waals surface area (Å²) in [5, 5.41) is 10.9. The molecule has 0 heterocycles. The zero-order valence-corrected chi connectivity index (χ0v) is 28.7. The molecular weight excluding hydrogens is 561 g/mol. The second-order valence-corrected chi connectivity index (χ2v) is 24.4. The summed E-state index contributed by atoms with van der Waals surface area (Å²) < 4.78 is 0. The van der Waals surface area contributed by atoms with Gasteiger partial charge in [0.1, 0.15) is 0 Å². The molecule has 0 aromatic heterocycles. The van der Waals surface area contributed by atoms with Crippen LogP contribution >= 0.6 is 0 Å². The monoisotopic (exact) mass is 600 g/mol. The maximum absolute atomic E-state index is 2.52. The van der Waals surface area contributed by atoms with Gasteiger partial charge >= 0.3 is 0 Å². The molecule has 0 spiro atoms. The zero-order valence-electron chi connectivity index (χ0n) is 26.7. The van der Waals surface area contributed by atoms with Crippen LogP contribution < -0.4 is 10.4 Å². The Kier molecular flexibility index (Phi) is 6.95. The highest BCUT2D eigenvalue weighted by Crippen LogP contribution is 2.44. The van der Waals surface area contributed by atoms with Crippen LogP contribution in [0.3, 0.4) is 0 Å². The SMILES string of the molecule is C[Si](C)(C)c1ccc2c(-c3ccc(-c4ccc5ccccc5c4)cc3)c3cc([Si](C)(C)C)ccc3c(-c3ccccc3)c2c1. The fraction of sp³-hybridized carbons (Fsp3) is 0.143. The molecule has 0 aliphatic rings. The summed E-state index contributed by atoms with van der Waals surface area (Å²) in [5.41, 5.74) is 7.77. The Bertz CT molecular complexity index is 2160. The molecular formula is C42H40Si2. The van der Waals surface area contributed by atoms with Gasteiger partial charge < -0.3 is 0 Å². The third-order valence-corrected chi connectivity index (χ3v) is 13.3. The van der Waals surface area contributed by atoms with Crippen LogP contribution in [0.5, 0.6) is 0 Å². The molecule has 2 heteroatoms. The minimum absolute atomic E-state index is 1.25. The van der Waals surface area contributed by atoms with Crippen LogP contribution in [0.4, 0.5) is 0 Å². The molecule has 7 rings (SSSR count). The van der Waals surface area contributed by atoms with E-state index in [1.807, 2.05) is 0 Å². The number of hydrogen-bond donors (Lipinski definition) is 0. The Hall–Kier alpha value is -4.25. The van der Waals surface area contributed by atoms with E-state index in [9.17, 15) is 0 Å². The molecule has 0 amide bonds. The van der Waals surface area contributed by atoms with Gasteiger partial charge in [0.15, 0.2) is 0 Å². The van der Waals surface area contributed by atoms with Crippen molar-refractivity contribution in [3.8, 4) is 33.4 Å². The second-order valence-electron chi connectivity index (χ2n) is 14.3. The molecule has 0 atom stereocenters. The molecule has 0 saturated carbocycles. The highest BCUT2D eigenvalue weighted by Gasteiger charge is 2.23. The minimum Gasteiger partial charge on any atom is -0.0656 e. The van der Waals surface area contributed by atoms with Crippen LogP contribution in [-0.2, 0) is 0 Å². The third-order valence-electron chi connectivity index (χ3n) is 9.17. The van der Waals surface area contributed by atoms with Gasteiger partial charge in [-0.05, 0) is 71.8 Å². The summed E-state index contributed by atoms with van der Waals surface area (Å²) in [4.78, 5) is 0. The van der Waals surface area contributed by atoms with Gasteiger partial charge in [-0.25, -0.2) is 0 Å². The van der Waals surface area contributed by atoms with Crippen LogP contribution in [-0.4, -0.2) is 16.1 Å². The molecule has 7 aromatic carbocycles. The topological polar surface area (TPSA) is 0 Å². The van der Waals surface area contributed by atoms with Crippen LogP contribution in [0.2, 0.25) is 39.3 Å². The van der Waals surface area contributed by atoms with Gasteiger partial charge in [-0.2, -0.15) is 0 Å². The van der Waals surface area contributed by atoms with Crippen molar-refractivity contribution in [1.82, 2.24) is 0 Å². The first-order chi connectivity index (χ1) is 21.1. The van der Waals surface area contributed by atoms with E-state index >= 15 is 0 Å². The molecule has 0 saturated heterocycles. The zero-order chi connectivity index (χ0) is 30.6. The van der Waals surface area contributed by atoms with Crippen LogP contribution in [0, 0.1) is 0 Å². The van der Waals surface area contributed by atoms with E-state index in [0.717, 1.165) is 0 Å². The lowest BCUT2D eigenvalue weighted by Crippen LogP contribution is -2.37. The molecule has 0 fully saturated rings. The predicted molar refractivity (Wildman–Crippen MR) is 201 cm³/mol. The molecule has 44 heavy (non-hydrogen) atoms. The molecule has 216 valence electrons. The van der Waals surface area contributed by atoms with Crippen molar-refractivity contribution >= 4 is 58.8 Å². The van der Waals surface area contributed by atoms with Crippen molar-refractivity contribution in [2.45, 2.75) is 39.3 Å². The van der Waals surface area contributed by atoms with Crippen LogP contribution in [0.25, 0.3) is 65.7 Å². The molecule has 0 nitrogen and oxygen atoms in total. The van der Waals surface area contributed by atoms with E-state index in [2.05, 4.69) is 173 Å². The summed E-state index contributed by atoms with van der Waals surface area (Å²) in [6, 6.07) is 50.4. The Morgan fingerprint density at radius 3 is 1.32 bits per heavy atom. The molecule has 0 bridgehead atoms. The summed E-state index contributed by atoms with van der Waals surface area (Å²) in [7, 11) is -3.07. The first-order valence-corrected chi connectivity index (χ1v) is 22.8. The van der Waals surface area contributed by atoms with Crippen LogP contribution in [0.15, 0.2) is 133 Å². The smallest absolute Gasteiger partial charge is 0.0656 e. The lowest BCUT2D eigenvalue weighted by atomic mass is 9.85. The van der Waals surface area contributed by atoms with Crippen molar-refractivity contribution in [3.63, 3.8) is 0 Å². The van der Waals surface area contributed by atoms with E-state index in [1.165, 1.54) is 76.1 Å². The molecule has 0 radical (unpaired) electrons. The standard InChI is InChI=1S/C42H40Si2/c1-43(2,3)35-23-25-38-39(27-35)41(31-13-8-7-9-14-31)37-24-22-36(44(4,5)6)28-40(37)42(38)32-19-16-30(17-20-32)34-21-18-29-12-10-11-15-33(29)26-34/h7-28H,1-6H3. The minimum atomic E-state index is -1.54. The highest BCUT2D eigenvalue weighted by atomic mass is 28.3. The van der Waals surface area contributed by atoms with E-state index < -0.39 is 16.1 Å². The van der Waals surface area contributed by atoms with Crippen molar-refractivity contribution < 1.29 is 0 Å². The first kappa shape index (κ1) is 28.5. The van der Waals surface area contributed by atoms with Crippen molar-refractivity contribution in [2.75, 3.05) is 0 Å². The fourth-order valence-corrected chi connectivity index (χ4v) is 8.91. The number of rotatable bonds is 5. The maximum Gasteiger partial charge on any atom is 0.0776 e. The van der Waals surface area contributed by atoms with Crippen LogP contribution in [0.1, 0.15) is 0 Å². The highest BCUT2D eigenvalue weighted by molar-refractivity contribution is 6.89. The average Bonchev–Trinajstić information content (AvgIpc) is 3.02. The largest absolute Gasteiger partial charge is 0.0776 e. The van der Waals surface area contributed by atoms with Gasteiger partial charge in [0, 0.05) is 0 Å². The average molecular weight is 601 g/mol. The quantitative estimate of drug-likeness (QED) is 0.136. The molecule has 0 unspecified atom stereocenters. The van der Waals surface area contributed by atoms with Crippen molar-refractivity contribution in [1.29, 1.82) is 0 Å². The lowest BCUT2D eigenvalue weighted by molar-refractivity contribution is 1.62. The van der Waals surface area contributed by atoms with Gasteiger partial charge in [0.25, 0.3) is 0 Å². The molecule has 0 aliphatic heterocycles. The van der Waals surface area contributed by atoms with Gasteiger partial charge in [0.2, 0.25) is 0 Å². The third kappa shape index (κ3) is 5.13. The normalized spacial score (nSPS) is 12.3. The Morgan fingerprint density at radius 2 is 0.773 bits per heavy atom. The Morgan fingerprint density at radius 1 is 0.318 bits per heavy atom. The van der Waals surface area contributed by atoms with E-state index in [4.69, 9.17) is 0 Å². The Balaban J connectivity index is 1.52. The maximum atomic E-state index is 2.52. The van der Waals surface area contributed by atoms with Gasteiger partial charge in [0.05, 0.1) is 16.1 Å². The predicted octanol–water partition coefficient (Wildman–Crippen LogP) is 11.2. The number of hydrogen-bond acceptors (Lipinski definition) is 0. The van der Waals surface area contributed by atoms with E-state index in [0.29, 0.717) is 0 Å². The van der Waals surface area contributed by atoms with Crippen molar-refractivity contribution in [2.24, 2.45) is 0 Å². The first-order valence-electron chi connectivity index (χ1n) is 15.8. The fourth-order valence-electron chi connectivity index (χ4n) is 6.59. The lowest BCUT2D eigenvalue weighted by Gasteiger charge is -2.24. The van der Waals surface area contributed by atoms with Gasteiger partial charge in [-0.15, -0.1) is 0 Å². The Labute approximate surface area is 264 Å². The summed E-state index contributed by atoms with van der Waals surface area (Å²) in [6.07, 6.45) is 0. The number of fused-ring (bicyclic) bond motifs is 3. The van der Waals surface area contributed by atoms with E-state index in [1.54, 1.807) is 0 Å².